The van der Waals surface area contributed by atoms with Gasteiger partial charge in [0.15, 0.2) is 0 Å². The highest BCUT2D eigenvalue weighted by atomic mass is 32.2. The molecule has 1 saturated carbocycles. The zero-order chi connectivity index (χ0) is 11.3. The minimum Gasteiger partial charge on any atom is -0.349 e. The summed E-state index contributed by atoms with van der Waals surface area (Å²) in [6.45, 7) is 0.818. The van der Waals surface area contributed by atoms with Crippen LogP contribution in [0.3, 0.4) is 0 Å². The van der Waals surface area contributed by atoms with E-state index < -0.39 is 0 Å². The summed E-state index contributed by atoms with van der Waals surface area (Å²) in [5, 5.41) is 4.25. The van der Waals surface area contributed by atoms with Crippen LogP contribution in [-0.2, 0) is 4.79 Å². The van der Waals surface area contributed by atoms with Crippen molar-refractivity contribution in [3.05, 3.63) is 0 Å². The second-order valence-corrected chi connectivity index (χ2v) is 5.38. The van der Waals surface area contributed by atoms with Crippen LogP contribution in [0, 0.1) is 0 Å². The number of amides is 1. The van der Waals surface area contributed by atoms with Crippen molar-refractivity contribution < 1.29 is 4.79 Å². The Kier molecular flexibility index (Phi) is 5.47. The number of hydrogen-bond acceptors (Lipinski definition) is 3. The van der Waals surface area contributed by atoms with Crippen molar-refractivity contribution in [2.24, 2.45) is 0 Å². The van der Waals surface area contributed by atoms with E-state index in [9.17, 15) is 4.79 Å². The molecule has 1 N–H and O–H groups in total. The van der Waals surface area contributed by atoms with E-state index in [1.54, 1.807) is 4.90 Å². The first kappa shape index (κ1) is 12.8. The first-order valence-corrected chi connectivity index (χ1v) is 6.90. The van der Waals surface area contributed by atoms with Crippen LogP contribution in [0.2, 0.25) is 0 Å². The van der Waals surface area contributed by atoms with Gasteiger partial charge in [0, 0.05) is 38.4 Å². The predicted octanol–water partition coefficient (Wildman–Crippen LogP) is 1.34. The van der Waals surface area contributed by atoms with Crippen LogP contribution < -0.4 is 5.32 Å². The first-order valence-electron chi connectivity index (χ1n) is 5.61. The Hall–Kier alpha value is -0.220. The lowest BCUT2D eigenvalue weighted by Crippen LogP contribution is -2.36. The molecule has 0 radical (unpaired) electrons. The molecule has 0 aromatic rings. The molecule has 1 fully saturated rings. The third-order valence-corrected chi connectivity index (χ3v) is 4.17. The van der Waals surface area contributed by atoms with E-state index in [0.717, 1.165) is 11.8 Å². The van der Waals surface area contributed by atoms with E-state index in [0.29, 0.717) is 12.5 Å². The Balaban J connectivity index is 2.17. The molecule has 0 bridgehead atoms. The lowest BCUT2D eigenvalue weighted by molar-refractivity contribution is -0.128. The van der Waals surface area contributed by atoms with Gasteiger partial charge in [-0.15, -0.1) is 0 Å². The Morgan fingerprint density at radius 2 is 2.20 bits per heavy atom. The Morgan fingerprint density at radius 3 is 2.80 bits per heavy atom. The number of carbonyl (C=O) groups is 1. The summed E-state index contributed by atoms with van der Waals surface area (Å²) < 4.78 is 0. The Bertz CT molecular complexity index is 209. The number of carbonyl (C=O) groups excluding carboxylic acids is 1. The van der Waals surface area contributed by atoms with Gasteiger partial charge < -0.3 is 10.2 Å². The second kappa shape index (κ2) is 6.38. The number of rotatable bonds is 5. The molecular formula is C11H22N2OS. The minimum absolute atomic E-state index is 0.209. The van der Waals surface area contributed by atoms with Gasteiger partial charge in [-0.3, -0.25) is 4.79 Å². The molecule has 1 aliphatic carbocycles. The van der Waals surface area contributed by atoms with Gasteiger partial charge >= 0.3 is 0 Å². The molecule has 3 nitrogen and oxygen atoms in total. The molecule has 0 saturated heterocycles. The highest BCUT2D eigenvalue weighted by molar-refractivity contribution is 7.99. The zero-order valence-corrected chi connectivity index (χ0v) is 10.8. The predicted molar refractivity (Wildman–Crippen MR) is 66.3 cm³/mol. The maximum atomic E-state index is 11.3. The van der Waals surface area contributed by atoms with Crippen molar-refractivity contribution in [2.75, 3.05) is 26.9 Å². The normalized spacial score (nSPS) is 25.5. The number of nitrogens with one attached hydrogen (secondary N) is 1. The fourth-order valence-electron chi connectivity index (χ4n) is 2.03. The molecular weight excluding hydrogens is 208 g/mol. The topological polar surface area (TPSA) is 32.3 Å². The number of nitrogens with zero attached hydrogens (tertiary/aromatic N) is 1. The van der Waals surface area contributed by atoms with Crippen molar-refractivity contribution in [1.29, 1.82) is 0 Å². The monoisotopic (exact) mass is 230 g/mol. The standard InChI is InChI=1S/C11H22N2OS/c1-13(2)11(14)7-8-12-9-5-4-6-10(9)15-3/h9-10,12H,4-8H2,1-3H3. The molecule has 0 aliphatic heterocycles. The quantitative estimate of drug-likeness (QED) is 0.773. The Morgan fingerprint density at radius 1 is 1.47 bits per heavy atom. The SMILES string of the molecule is CSC1CCCC1NCCC(=O)N(C)C. The number of thioether (sulfide) groups is 1. The molecule has 1 amide bonds. The van der Waals surface area contributed by atoms with Gasteiger partial charge in [-0.25, -0.2) is 0 Å². The summed E-state index contributed by atoms with van der Waals surface area (Å²) >= 11 is 1.95. The molecule has 2 unspecified atom stereocenters. The van der Waals surface area contributed by atoms with Crippen LogP contribution in [-0.4, -0.2) is 49.0 Å². The van der Waals surface area contributed by atoms with Crippen molar-refractivity contribution in [1.82, 2.24) is 10.2 Å². The van der Waals surface area contributed by atoms with Gasteiger partial charge in [-0.2, -0.15) is 11.8 Å². The van der Waals surface area contributed by atoms with Crippen LogP contribution in [0.5, 0.6) is 0 Å². The largest absolute Gasteiger partial charge is 0.349 e. The highest BCUT2D eigenvalue weighted by Crippen LogP contribution is 2.28. The van der Waals surface area contributed by atoms with E-state index in [4.69, 9.17) is 0 Å². The molecule has 88 valence electrons. The summed E-state index contributed by atoms with van der Waals surface area (Å²) in [5.74, 6) is 0.209. The summed E-state index contributed by atoms with van der Waals surface area (Å²) in [6.07, 6.45) is 6.70. The average molecular weight is 230 g/mol. The van der Waals surface area contributed by atoms with E-state index in [-0.39, 0.29) is 5.91 Å². The third kappa shape index (κ3) is 4.03. The minimum atomic E-state index is 0.209. The highest BCUT2D eigenvalue weighted by Gasteiger charge is 2.25. The van der Waals surface area contributed by atoms with E-state index in [1.165, 1.54) is 19.3 Å². The maximum absolute atomic E-state index is 11.3. The van der Waals surface area contributed by atoms with Gasteiger partial charge in [0.25, 0.3) is 0 Å². The third-order valence-electron chi connectivity index (χ3n) is 3.00. The van der Waals surface area contributed by atoms with E-state index in [1.807, 2.05) is 25.9 Å². The smallest absolute Gasteiger partial charge is 0.223 e. The fraction of sp³-hybridized carbons (Fsp3) is 0.909. The maximum Gasteiger partial charge on any atom is 0.223 e. The second-order valence-electron chi connectivity index (χ2n) is 4.30. The van der Waals surface area contributed by atoms with Gasteiger partial charge in [0.05, 0.1) is 0 Å². The fourth-order valence-corrected chi connectivity index (χ4v) is 2.99. The van der Waals surface area contributed by atoms with Crippen LogP contribution in [0.4, 0.5) is 0 Å². The molecule has 2 atom stereocenters. The Labute approximate surface area is 97.0 Å². The van der Waals surface area contributed by atoms with Crippen molar-refractivity contribution in [2.45, 2.75) is 37.0 Å². The molecule has 1 rings (SSSR count). The molecule has 15 heavy (non-hydrogen) atoms. The van der Waals surface area contributed by atoms with E-state index >= 15 is 0 Å². The lowest BCUT2D eigenvalue weighted by Gasteiger charge is -2.19. The molecule has 0 aromatic carbocycles. The van der Waals surface area contributed by atoms with Gasteiger partial charge in [0.1, 0.15) is 0 Å². The van der Waals surface area contributed by atoms with Crippen LogP contribution >= 0.6 is 11.8 Å². The summed E-state index contributed by atoms with van der Waals surface area (Å²) in [7, 11) is 3.62. The van der Waals surface area contributed by atoms with Crippen molar-refractivity contribution in [3.8, 4) is 0 Å². The summed E-state index contributed by atoms with van der Waals surface area (Å²) in [6, 6.07) is 0.620. The lowest BCUT2D eigenvalue weighted by atomic mass is 10.2. The molecule has 1 aliphatic rings. The van der Waals surface area contributed by atoms with Crippen LogP contribution in [0.25, 0.3) is 0 Å². The van der Waals surface area contributed by atoms with Gasteiger partial charge in [0.2, 0.25) is 5.91 Å². The first-order chi connectivity index (χ1) is 7.15. The average Bonchev–Trinajstić information content (AvgIpc) is 2.65. The number of hydrogen-bond donors (Lipinski definition) is 1. The van der Waals surface area contributed by atoms with Gasteiger partial charge in [-0.05, 0) is 19.1 Å². The van der Waals surface area contributed by atoms with Crippen molar-refractivity contribution in [3.63, 3.8) is 0 Å². The van der Waals surface area contributed by atoms with Crippen molar-refractivity contribution >= 4 is 17.7 Å². The summed E-state index contributed by atoms with van der Waals surface area (Å²) in [4.78, 5) is 13.0. The molecule has 4 heteroatoms. The van der Waals surface area contributed by atoms with Crippen LogP contribution in [0.15, 0.2) is 0 Å². The molecule has 0 aromatic heterocycles. The summed E-state index contributed by atoms with van der Waals surface area (Å²) in [5.41, 5.74) is 0. The van der Waals surface area contributed by atoms with Crippen LogP contribution in [0.1, 0.15) is 25.7 Å². The van der Waals surface area contributed by atoms with Gasteiger partial charge in [-0.1, -0.05) is 6.42 Å². The zero-order valence-electron chi connectivity index (χ0n) is 9.95. The molecule has 0 spiro atoms. The molecule has 0 heterocycles. The van der Waals surface area contributed by atoms with E-state index in [2.05, 4.69) is 11.6 Å².